The van der Waals surface area contributed by atoms with Crippen molar-refractivity contribution >= 4 is 11.8 Å². The molecule has 0 aromatic carbocycles. The van der Waals surface area contributed by atoms with E-state index in [-0.39, 0.29) is 0 Å². The topological polar surface area (TPSA) is 75.9 Å². The number of hydrogen-bond acceptors (Lipinski definition) is 5. The summed E-state index contributed by atoms with van der Waals surface area (Å²) >= 11 is 0. The predicted molar refractivity (Wildman–Crippen MR) is 55.7 cm³/mol. The van der Waals surface area contributed by atoms with Gasteiger partial charge >= 0.3 is 0 Å². The lowest BCUT2D eigenvalue weighted by Crippen LogP contribution is -2.14. The molecule has 2 heterocycles. The van der Waals surface area contributed by atoms with Gasteiger partial charge in [0.15, 0.2) is 0 Å². The van der Waals surface area contributed by atoms with Gasteiger partial charge in [0, 0.05) is 24.7 Å². The molecular formula is C9H15N5. The summed E-state index contributed by atoms with van der Waals surface area (Å²) in [7, 11) is 0. The summed E-state index contributed by atoms with van der Waals surface area (Å²) in [4.78, 5) is 8.59. The second-order valence-corrected chi connectivity index (χ2v) is 3.76. The van der Waals surface area contributed by atoms with E-state index in [1.165, 1.54) is 0 Å². The average Bonchev–Trinajstić information content (AvgIpc) is 2.50. The molecule has 1 aromatic rings. The van der Waals surface area contributed by atoms with Crippen LogP contribution in [0.5, 0.6) is 0 Å². The third kappa shape index (κ3) is 1.63. The van der Waals surface area contributed by atoms with Crippen molar-refractivity contribution in [2.24, 2.45) is 0 Å². The second kappa shape index (κ2) is 3.42. The Morgan fingerprint density at radius 3 is 2.86 bits per heavy atom. The summed E-state index contributed by atoms with van der Waals surface area (Å²) in [5, 5.41) is 6.34. The first kappa shape index (κ1) is 9.21. The molecule has 2 rings (SSSR count). The lowest BCUT2D eigenvalue weighted by Gasteiger charge is -2.10. The Morgan fingerprint density at radius 2 is 2.14 bits per heavy atom. The van der Waals surface area contributed by atoms with Gasteiger partial charge in [-0.3, -0.25) is 0 Å². The maximum Gasteiger partial charge on any atom is 0.225 e. The number of anilines is 2. The third-order valence-corrected chi connectivity index (χ3v) is 2.14. The van der Waals surface area contributed by atoms with Crippen LogP contribution in [-0.2, 0) is 13.1 Å². The third-order valence-electron chi connectivity index (χ3n) is 2.14. The number of nitrogens with one attached hydrogen (secondary N) is 2. The van der Waals surface area contributed by atoms with Crippen LogP contribution in [0.25, 0.3) is 0 Å². The maximum atomic E-state index is 5.82. The van der Waals surface area contributed by atoms with E-state index in [0.29, 0.717) is 17.8 Å². The summed E-state index contributed by atoms with van der Waals surface area (Å²) in [6, 6.07) is 0.321. The molecule has 76 valence electrons. The van der Waals surface area contributed by atoms with Gasteiger partial charge in [0.2, 0.25) is 5.95 Å². The van der Waals surface area contributed by atoms with E-state index in [2.05, 4.69) is 20.6 Å². The van der Waals surface area contributed by atoms with Crippen molar-refractivity contribution in [3.05, 3.63) is 11.3 Å². The molecule has 0 atom stereocenters. The molecule has 0 aliphatic carbocycles. The van der Waals surface area contributed by atoms with Gasteiger partial charge in [-0.25, -0.2) is 4.98 Å². The van der Waals surface area contributed by atoms with E-state index in [9.17, 15) is 0 Å². The van der Waals surface area contributed by atoms with Gasteiger partial charge in [-0.05, 0) is 13.8 Å². The largest absolute Gasteiger partial charge is 0.383 e. The van der Waals surface area contributed by atoms with Crippen LogP contribution in [0.2, 0.25) is 0 Å². The van der Waals surface area contributed by atoms with Crippen LogP contribution >= 0.6 is 0 Å². The van der Waals surface area contributed by atoms with Crippen LogP contribution in [0.1, 0.15) is 25.1 Å². The van der Waals surface area contributed by atoms with E-state index in [1.54, 1.807) is 0 Å². The van der Waals surface area contributed by atoms with E-state index >= 15 is 0 Å². The molecule has 1 aromatic heterocycles. The number of rotatable bonds is 2. The number of aromatic nitrogens is 2. The van der Waals surface area contributed by atoms with Crippen LogP contribution < -0.4 is 16.4 Å². The van der Waals surface area contributed by atoms with Crippen molar-refractivity contribution in [3.63, 3.8) is 0 Å². The first-order valence-electron chi connectivity index (χ1n) is 4.79. The van der Waals surface area contributed by atoms with Crippen molar-refractivity contribution in [3.8, 4) is 0 Å². The highest BCUT2D eigenvalue weighted by atomic mass is 15.1. The minimum Gasteiger partial charge on any atom is -0.383 e. The van der Waals surface area contributed by atoms with Crippen molar-refractivity contribution in [2.75, 3.05) is 11.1 Å². The fourth-order valence-corrected chi connectivity index (χ4v) is 1.52. The number of hydrogen-bond donors (Lipinski definition) is 3. The fraction of sp³-hybridized carbons (Fsp3) is 0.556. The molecule has 4 N–H and O–H groups in total. The molecule has 0 spiro atoms. The summed E-state index contributed by atoms with van der Waals surface area (Å²) in [5.41, 5.74) is 7.87. The van der Waals surface area contributed by atoms with E-state index < -0.39 is 0 Å². The van der Waals surface area contributed by atoms with Crippen LogP contribution in [0, 0.1) is 0 Å². The Hall–Kier alpha value is -1.36. The lowest BCUT2D eigenvalue weighted by atomic mass is 10.2. The van der Waals surface area contributed by atoms with Crippen LogP contribution in [-0.4, -0.2) is 16.0 Å². The second-order valence-electron chi connectivity index (χ2n) is 3.76. The maximum absolute atomic E-state index is 5.82. The van der Waals surface area contributed by atoms with Gasteiger partial charge < -0.3 is 16.4 Å². The molecular weight excluding hydrogens is 178 g/mol. The van der Waals surface area contributed by atoms with Crippen LogP contribution in [0.4, 0.5) is 11.8 Å². The van der Waals surface area contributed by atoms with E-state index in [1.807, 2.05) is 13.8 Å². The Balaban J connectivity index is 2.32. The fourth-order valence-electron chi connectivity index (χ4n) is 1.52. The zero-order valence-corrected chi connectivity index (χ0v) is 8.46. The zero-order chi connectivity index (χ0) is 10.1. The average molecular weight is 193 g/mol. The van der Waals surface area contributed by atoms with E-state index in [0.717, 1.165) is 24.3 Å². The summed E-state index contributed by atoms with van der Waals surface area (Å²) in [6.07, 6.45) is 0. The van der Waals surface area contributed by atoms with Gasteiger partial charge in [-0.15, -0.1) is 0 Å². The standard InChI is InChI=1S/C9H15N5/c1-5(2)12-9-13-7-4-11-3-6(7)8(10)14-9/h5,11H,3-4H2,1-2H3,(H3,10,12,13,14). The Kier molecular flexibility index (Phi) is 2.25. The molecule has 0 saturated heterocycles. The molecule has 1 aliphatic heterocycles. The van der Waals surface area contributed by atoms with Crippen molar-refractivity contribution in [1.82, 2.24) is 15.3 Å². The van der Waals surface area contributed by atoms with Crippen LogP contribution in [0.3, 0.4) is 0 Å². The first-order chi connectivity index (χ1) is 6.66. The minimum atomic E-state index is 0.321. The summed E-state index contributed by atoms with van der Waals surface area (Å²) in [5.74, 6) is 1.21. The summed E-state index contributed by atoms with van der Waals surface area (Å²) in [6.45, 7) is 5.66. The van der Waals surface area contributed by atoms with Crippen LogP contribution in [0.15, 0.2) is 0 Å². The van der Waals surface area contributed by atoms with Gasteiger partial charge in [0.25, 0.3) is 0 Å². The molecule has 0 unspecified atom stereocenters. The Labute approximate surface area is 83.1 Å². The van der Waals surface area contributed by atoms with Gasteiger partial charge in [0.1, 0.15) is 5.82 Å². The van der Waals surface area contributed by atoms with Gasteiger partial charge in [-0.1, -0.05) is 0 Å². The number of nitrogens with two attached hydrogens (primary N) is 1. The summed E-state index contributed by atoms with van der Waals surface area (Å²) < 4.78 is 0. The molecule has 14 heavy (non-hydrogen) atoms. The molecule has 1 aliphatic rings. The monoisotopic (exact) mass is 193 g/mol. The van der Waals surface area contributed by atoms with Crippen molar-refractivity contribution in [1.29, 1.82) is 0 Å². The lowest BCUT2D eigenvalue weighted by molar-refractivity contribution is 0.757. The highest BCUT2D eigenvalue weighted by Gasteiger charge is 2.17. The molecule has 0 amide bonds. The molecule has 0 fully saturated rings. The molecule has 0 bridgehead atoms. The normalized spacial score (nSPS) is 14.5. The van der Waals surface area contributed by atoms with Crippen molar-refractivity contribution < 1.29 is 0 Å². The molecule has 0 saturated carbocycles. The molecule has 5 nitrogen and oxygen atoms in total. The quantitative estimate of drug-likeness (QED) is 0.637. The van der Waals surface area contributed by atoms with Gasteiger partial charge in [0.05, 0.1) is 5.69 Å². The first-order valence-corrected chi connectivity index (χ1v) is 4.79. The number of nitrogens with zero attached hydrogens (tertiary/aromatic N) is 2. The Morgan fingerprint density at radius 1 is 1.36 bits per heavy atom. The smallest absolute Gasteiger partial charge is 0.225 e. The molecule has 5 heteroatoms. The Bertz CT molecular complexity index is 347. The minimum absolute atomic E-state index is 0.321. The highest BCUT2D eigenvalue weighted by molar-refractivity contribution is 5.48. The SMILES string of the molecule is CC(C)Nc1nc(N)c2c(n1)CNC2. The molecule has 0 radical (unpaired) electrons. The number of fused-ring (bicyclic) bond motifs is 1. The van der Waals surface area contributed by atoms with E-state index in [4.69, 9.17) is 5.73 Å². The van der Waals surface area contributed by atoms with Crippen molar-refractivity contribution in [2.45, 2.75) is 33.0 Å². The zero-order valence-electron chi connectivity index (χ0n) is 8.46. The highest BCUT2D eigenvalue weighted by Crippen LogP contribution is 2.20. The van der Waals surface area contributed by atoms with Gasteiger partial charge in [-0.2, -0.15) is 4.98 Å². The predicted octanol–water partition coefficient (Wildman–Crippen LogP) is 0.482. The number of nitrogen functional groups attached to an aromatic ring is 1.